The molecule has 0 aliphatic carbocycles. The molecule has 2 rings (SSSR count). The van der Waals surface area contributed by atoms with E-state index < -0.39 is 0 Å². The first-order chi connectivity index (χ1) is 9.61. The second kappa shape index (κ2) is 7.21. The van der Waals surface area contributed by atoms with Crippen LogP contribution in [0.2, 0.25) is 0 Å². The molecule has 0 radical (unpaired) electrons. The molecule has 1 heterocycles. The predicted octanol–water partition coefficient (Wildman–Crippen LogP) is 2.35. The Labute approximate surface area is 123 Å². The fourth-order valence-corrected chi connectivity index (χ4v) is 2.92. The molecular weight excluding hydrogens is 246 g/mol. The summed E-state index contributed by atoms with van der Waals surface area (Å²) in [6.45, 7) is 8.83. The molecule has 1 fully saturated rings. The van der Waals surface area contributed by atoms with Crippen LogP contribution in [0.4, 0.5) is 0 Å². The van der Waals surface area contributed by atoms with Crippen molar-refractivity contribution in [1.82, 2.24) is 9.80 Å². The number of hydrogen-bond donors (Lipinski definition) is 1. The Morgan fingerprint density at radius 2 is 1.95 bits per heavy atom. The van der Waals surface area contributed by atoms with Gasteiger partial charge in [-0.1, -0.05) is 50.6 Å². The van der Waals surface area contributed by atoms with Crippen molar-refractivity contribution in [2.75, 3.05) is 33.2 Å². The number of benzene rings is 1. The molecule has 20 heavy (non-hydrogen) atoms. The zero-order valence-electron chi connectivity index (χ0n) is 13.1. The minimum atomic E-state index is 0.273. The van der Waals surface area contributed by atoms with E-state index in [1.165, 1.54) is 5.56 Å². The van der Waals surface area contributed by atoms with Crippen molar-refractivity contribution in [3.63, 3.8) is 0 Å². The van der Waals surface area contributed by atoms with Gasteiger partial charge in [0.15, 0.2) is 0 Å². The molecule has 2 N–H and O–H groups in total. The highest BCUT2D eigenvalue weighted by molar-refractivity contribution is 5.20. The van der Waals surface area contributed by atoms with Crippen LogP contribution in [-0.2, 0) is 0 Å². The third-order valence-corrected chi connectivity index (χ3v) is 4.70. The second-order valence-corrected chi connectivity index (χ2v) is 6.23. The summed E-state index contributed by atoms with van der Waals surface area (Å²) in [4.78, 5) is 5.00. The van der Waals surface area contributed by atoms with Gasteiger partial charge in [-0.3, -0.25) is 4.90 Å². The molecule has 0 saturated carbocycles. The molecule has 1 aliphatic heterocycles. The third kappa shape index (κ3) is 3.81. The number of hydrogen-bond acceptors (Lipinski definition) is 3. The van der Waals surface area contributed by atoms with Gasteiger partial charge in [-0.15, -0.1) is 0 Å². The van der Waals surface area contributed by atoms with Gasteiger partial charge in [-0.25, -0.2) is 0 Å². The molecule has 0 bridgehead atoms. The highest BCUT2D eigenvalue weighted by Crippen LogP contribution is 2.25. The Morgan fingerprint density at radius 1 is 1.25 bits per heavy atom. The van der Waals surface area contributed by atoms with E-state index in [0.717, 1.165) is 32.6 Å². The zero-order valence-corrected chi connectivity index (χ0v) is 13.1. The summed E-state index contributed by atoms with van der Waals surface area (Å²) < 4.78 is 0. The maximum Gasteiger partial charge on any atom is 0.0476 e. The van der Waals surface area contributed by atoms with Crippen molar-refractivity contribution < 1.29 is 0 Å². The summed E-state index contributed by atoms with van der Waals surface area (Å²) in [5, 5.41) is 0. The molecule has 1 saturated heterocycles. The Bertz CT molecular complexity index is 392. The van der Waals surface area contributed by atoms with Gasteiger partial charge in [0.25, 0.3) is 0 Å². The van der Waals surface area contributed by atoms with Crippen molar-refractivity contribution in [3.8, 4) is 0 Å². The van der Waals surface area contributed by atoms with Gasteiger partial charge in [0, 0.05) is 38.3 Å². The van der Waals surface area contributed by atoms with E-state index in [2.05, 4.69) is 61.0 Å². The van der Waals surface area contributed by atoms with Crippen LogP contribution >= 0.6 is 0 Å². The third-order valence-electron chi connectivity index (χ3n) is 4.70. The van der Waals surface area contributed by atoms with Crippen LogP contribution < -0.4 is 5.73 Å². The average molecular weight is 275 g/mol. The van der Waals surface area contributed by atoms with Gasteiger partial charge >= 0.3 is 0 Å². The van der Waals surface area contributed by atoms with Gasteiger partial charge in [-0.2, -0.15) is 0 Å². The molecule has 3 unspecified atom stereocenters. The van der Waals surface area contributed by atoms with Crippen LogP contribution in [0.25, 0.3) is 0 Å². The van der Waals surface area contributed by atoms with Crippen molar-refractivity contribution >= 4 is 0 Å². The molecule has 3 nitrogen and oxygen atoms in total. The lowest BCUT2D eigenvalue weighted by Gasteiger charge is -2.42. The van der Waals surface area contributed by atoms with E-state index in [-0.39, 0.29) is 6.04 Å². The van der Waals surface area contributed by atoms with Crippen molar-refractivity contribution in [2.45, 2.75) is 32.4 Å². The SMILES string of the molecule is CCC(C)C(N)CN1CCN(C)CC1c1ccccc1. The number of nitrogens with two attached hydrogens (primary N) is 1. The minimum absolute atomic E-state index is 0.273. The molecule has 1 aromatic carbocycles. The van der Waals surface area contributed by atoms with Crippen LogP contribution in [0, 0.1) is 5.92 Å². The van der Waals surface area contributed by atoms with Crippen LogP contribution in [0.5, 0.6) is 0 Å². The quantitative estimate of drug-likeness (QED) is 0.895. The highest BCUT2D eigenvalue weighted by atomic mass is 15.3. The molecule has 0 aromatic heterocycles. The molecule has 112 valence electrons. The first kappa shape index (κ1) is 15.5. The van der Waals surface area contributed by atoms with E-state index in [1.807, 2.05) is 0 Å². The number of likely N-dealkylation sites (N-methyl/N-ethyl adjacent to an activating group) is 1. The molecule has 3 atom stereocenters. The lowest BCUT2D eigenvalue weighted by molar-refractivity contribution is 0.0787. The summed E-state index contributed by atoms with van der Waals surface area (Å²) >= 11 is 0. The summed E-state index contributed by atoms with van der Waals surface area (Å²) in [7, 11) is 2.21. The van der Waals surface area contributed by atoms with Crippen molar-refractivity contribution in [1.29, 1.82) is 0 Å². The first-order valence-electron chi connectivity index (χ1n) is 7.85. The monoisotopic (exact) mass is 275 g/mol. The topological polar surface area (TPSA) is 32.5 Å². The number of piperazine rings is 1. The Morgan fingerprint density at radius 3 is 2.60 bits per heavy atom. The van der Waals surface area contributed by atoms with Gasteiger partial charge in [-0.05, 0) is 18.5 Å². The van der Waals surface area contributed by atoms with Gasteiger partial charge in [0.1, 0.15) is 0 Å². The van der Waals surface area contributed by atoms with Crippen molar-refractivity contribution in [2.24, 2.45) is 11.7 Å². The fourth-order valence-electron chi connectivity index (χ4n) is 2.92. The number of rotatable bonds is 5. The maximum atomic E-state index is 6.38. The van der Waals surface area contributed by atoms with E-state index in [4.69, 9.17) is 5.73 Å². The summed E-state index contributed by atoms with van der Waals surface area (Å²) in [6.07, 6.45) is 1.16. The molecule has 0 amide bonds. The van der Waals surface area contributed by atoms with Crippen LogP contribution in [0.1, 0.15) is 31.9 Å². The van der Waals surface area contributed by atoms with Crippen LogP contribution in [0.15, 0.2) is 30.3 Å². The Hall–Kier alpha value is -0.900. The maximum absolute atomic E-state index is 6.38. The first-order valence-corrected chi connectivity index (χ1v) is 7.85. The van der Waals surface area contributed by atoms with E-state index in [0.29, 0.717) is 12.0 Å². The van der Waals surface area contributed by atoms with Crippen LogP contribution in [0.3, 0.4) is 0 Å². The fraction of sp³-hybridized carbons (Fsp3) is 0.647. The normalized spacial score (nSPS) is 24.5. The average Bonchev–Trinajstić information content (AvgIpc) is 2.49. The molecule has 0 spiro atoms. The summed E-state index contributed by atoms with van der Waals surface area (Å²) in [5.74, 6) is 0.589. The lowest BCUT2D eigenvalue weighted by Crippen LogP contribution is -2.51. The molecule has 3 heteroatoms. The highest BCUT2D eigenvalue weighted by Gasteiger charge is 2.28. The predicted molar refractivity (Wildman–Crippen MR) is 85.7 cm³/mol. The molecular formula is C17H29N3. The Kier molecular flexibility index (Phi) is 5.58. The van der Waals surface area contributed by atoms with E-state index >= 15 is 0 Å². The summed E-state index contributed by atoms with van der Waals surface area (Å²) in [5.41, 5.74) is 7.79. The smallest absolute Gasteiger partial charge is 0.0476 e. The van der Waals surface area contributed by atoms with Crippen LogP contribution in [-0.4, -0.2) is 49.1 Å². The van der Waals surface area contributed by atoms with Crippen molar-refractivity contribution in [3.05, 3.63) is 35.9 Å². The van der Waals surface area contributed by atoms with E-state index in [1.54, 1.807) is 0 Å². The number of nitrogens with zero attached hydrogens (tertiary/aromatic N) is 2. The standard InChI is InChI=1S/C17H29N3/c1-4-14(2)16(18)12-20-11-10-19(3)13-17(20)15-8-6-5-7-9-15/h5-9,14,16-17H,4,10-13,18H2,1-3H3. The second-order valence-electron chi connectivity index (χ2n) is 6.23. The van der Waals surface area contributed by atoms with E-state index in [9.17, 15) is 0 Å². The van der Waals surface area contributed by atoms with Gasteiger partial charge < -0.3 is 10.6 Å². The zero-order chi connectivity index (χ0) is 14.5. The summed E-state index contributed by atoms with van der Waals surface area (Å²) in [6, 6.07) is 11.6. The molecule has 1 aromatic rings. The largest absolute Gasteiger partial charge is 0.326 e. The lowest BCUT2D eigenvalue weighted by atomic mass is 9.96. The van der Waals surface area contributed by atoms with Gasteiger partial charge in [0.05, 0.1) is 0 Å². The molecule has 1 aliphatic rings. The van der Waals surface area contributed by atoms with Gasteiger partial charge in [0.2, 0.25) is 0 Å². The minimum Gasteiger partial charge on any atom is -0.326 e. The Balaban J connectivity index is 2.09.